The Morgan fingerprint density at radius 3 is 2.35 bits per heavy atom. The number of carbonyl (C=O) groups is 1. The van der Waals surface area contributed by atoms with Crippen LogP contribution in [0, 0.1) is 5.82 Å². The molecule has 148 valence electrons. The van der Waals surface area contributed by atoms with E-state index >= 15 is 0 Å². The van der Waals surface area contributed by atoms with E-state index in [1.54, 1.807) is 0 Å². The Morgan fingerprint density at radius 2 is 1.77 bits per heavy atom. The maximum Gasteiger partial charge on any atom is 0.534 e. The van der Waals surface area contributed by atoms with Crippen molar-refractivity contribution in [3.8, 4) is 11.5 Å². The van der Waals surface area contributed by atoms with Crippen molar-refractivity contribution in [2.24, 2.45) is 0 Å². The van der Waals surface area contributed by atoms with E-state index in [4.69, 9.17) is 9.47 Å². The Kier molecular flexibility index (Phi) is 8.28. The molecule has 0 unspecified atom stereocenters. The summed E-state index contributed by atoms with van der Waals surface area (Å²) in [5.74, 6) is -2.90. The maximum absolute atomic E-state index is 13.6. The minimum atomic E-state index is -6.10. The zero-order valence-electron chi connectivity index (χ0n) is 13.8. The summed E-state index contributed by atoms with van der Waals surface area (Å²) in [6.07, 6.45) is 2.00. The molecule has 0 aromatic heterocycles. The van der Waals surface area contributed by atoms with E-state index in [0.29, 0.717) is 19.6 Å². The van der Waals surface area contributed by atoms with Crippen LogP contribution in [0.3, 0.4) is 0 Å². The molecule has 6 nitrogen and oxygen atoms in total. The lowest BCUT2D eigenvalue weighted by Crippen LogP contribution is -2.28. The first kappa shape index (κ1) is 22.2. The van der Waals surface area contributed by atoms with Crippen LogP contribution in [0.25, 0.3) is 0 Å². The standard InChI is InChI=1S/C15H18F4O6S/c1-2-3-7-23-8-4-9-24-13-6-5-12(16)11(10-20)14(13)25-26(21,22)15(17,18)19/h5-6,10H,2-4,7-9H2,1H3. The summed E-state index contributed by atoms with van der Waals surface area (Å²) in [7, 11) is -6.10. The van der Waals surface area contributed by atoms with Gasteiger partial charge < -0.3 is 13.7 Å². The first-order chi connectivity index (χ1) is 12.1. The van der Waals surface area contributed by atoms with Crippen LogP contribution in [0.5, 0.6) is 11.5 Å². The van der Waals surface area contributed by atoms with Crippen molar-refractivity contribution in [1.29, 1.82) is 0 Å². The van der Waals surface area contributed by atoms with Crippen molar-refractivity contribution in [2.75, 3.05) is 19.8 Å². The minimum absolute atomic E-state index is 0.0710. The molecule has 0 N–H and O–H groups in total. The molecule has 0 amide bonds. The topological polar surface area (TPSA) is 78.9 Å². The quantitative estimate of drug-likeness (QED) is 0.185. The molecule has 1 aromatic carbocycles. The summed E-state index contributed by atoms with van der Waals surface area (Å²) in [6, 6.07) is 1.63. The summed E-state index contributed by atoms with van der Waals surface area (Å²) in [4.78, 5) is 10.9. The smallest absolute Gasteiger partial charge is 0.490 e. The summed E-state index contributed by atoms with van der Waals surface area (Å²) < 4.78 is 87.7. The van der Waals surface area contributed by atoms with Crippen molar-refractivity contribution in [3.63, 3.8) is 0 Å². The molecule has 0 heterocycles. The number of hydrogen-bond donors (Lipinski definition) is 0. The van der Waals surface area contributed by atoms with Crippen LogP contribution in [-0.4, -0.2) is 40.0 Å². The van der Waals surface area contributed by atoms with Gasteiger partial charge in [-0.1, -0.05) is 13.3 Å². The van der Waals surface area contributed by atoms with Gasteiger partial charge in [0.15, 0.2) is 17.8 Å². The lowest BCUT2D eigenvalue weighted by molar-refractivity contribution is -0.0500. The molecule has 0 fully saturated rings. The fraction of sp³-hybridized carbons (Fsp3) is 0.533. The number of halogens is 4. The van der Waals surface area contributed by atoms with Crippen LogP contribution < -0.4 is 8.92 Å². The molecule has 0 radical (unpaired) electrons. The Hall–Kier alpha value is -1.88. The molecule has 1 aromatic rings. The third-order valence-electron chi connectivity index (χ3n) is 3.03. The normalized spacial score (nSPS) is 12.0. The number of ether oxygens (including phenoxy) is 2. The lowest BCUT2D eigenvalue weighted by Gasteiger charge is -2.15. The van der Waals surface area contributed by atoms with Gasteiger partial charge in [-0.3, -0.25) is 4.79 Å². The fourth-order valence-electron chi connectivity index (χ4n) is 1.71. The van der Waals surface area contributed by atoms with Crippen LogP contribution in [0.15, 0.2) is 12.1 Å². The largest absolute Gasteiger partial charge is 0.534 e. The number of benzene rings is 1. The molecule has 0 saturated carbocycles. The first-order valence-electron chi connectivity index (χ1n) is 7.63. The van der Waals surface area contributed by atoms with E-state index in [-0.39, 0.29) is 12.9 Å². The van der Waals surface area contributed by atoms with Gasteiger partial charge >= 0.3 is 15.6 Å². The first-order valence-corrected chi connectivity index (χ1v) is 9.03. The summed E-state index contributed by atoms with van der Waals surface area (Å²) >= 11 is 0. The predicted octanol–water partition coefficient (Wildman–Crippen LogP) is 3.45. The highest BCUT2D eigenvalue weighted by atomic mass is 32.2. The van der Waals surface area contributed by atoms with Crippen LogP contribution in [0.1, 0.15) is 36.5 Å². The van der Waals surface area contributed by atoms with Crippen LogP contribution >= 0.6 is 0 Å². The molecule has 0 aliphatic rings. The molecule has 0 spiro atoms. The second-order valence-corrected chi connectivity index (χ2v) is 6.60. The number of aldehydes is 1. The van der Waals surface area contributed by atoms with Gasteiger partial charge in [0.05, 0.1) is 12.2 Å². The monoisotopic (exact) mass is 402 g/mol. The van der Waals surface area contributed by atoms with Crippen molar-refractivity contribution >= 4 is 16.4 Å². The summed E-state index contributed by atoms with van der Waals surface area (Å²) in [6.45, 7) is 2.76. The van der Waals surface area contributed by atoms with Crippen LogP contribution in [0.4, 0.5) is 17.6 Å². The number of hydrogen-bond acceptors (Lipinski definition) is 6. The molecule has 26 heavy (non-hydrogen) atoms. The minimum Gasteiger partial charge on any atom is -0.490 e. The van der Waals surface area contributed by atoms with Crippen molar-refractivity contribution in [3.05, 3.63) is 23.5 Å². The van der Waals surface area contributed by atoms with Gasteiger partial charge in [0.1, 0.15) is 5.82 Å². The third-order valence-corrected chi connectivity index (χ3v) is 3.99. The van der Waals surface area contributed by atoms with E-state index < -0.39 is 38.5 Å². The van der Waals surface area contributed by atoms with Gasteiger partial charge in [-0.25, -0.2) is 4.39 Å². The van der Waals surface area contributed by atoms with Gasteiger partial charge in [-0.05, 0) is 18.6 Å². The number of unbranched alkanes of at least 4 members (excludes halogenated alkanes) is 1. The molecule has 0 atom stereocenters. The summed E-state index contributed by atoms with van der Waals surface area (Å²) in [5, 5.41) is 0. The van der Waals surface area contributed by atoms with Gasteiger partial charge in [0, 0.05) is 19.6 Å². The van der Waals surface area contributed by atoms with Gasteiger partial charge in [0.2, 0.25) is 0 Å². The highest BCUT2D eigenvalue weighted by Crippen LogP contribution is 2.36. The zero-order chi connectivity index (χ0) is 19.8. The SMILES string of the molecule is CCCCOCCCOc1ccc(F)c(C=O)c1OS(=O)(=O)C(F)(F)F. The van der Waals surface area contributed by atoms with E-state index in [2.05, 4.69) is 4.18 Å². The maximum atomic E-state index is 13.6. The Bertz CT molecular complexity index is 703. The second kappa shape index (κ2) is 9.72. The van der Waals surface area contributed by atoms with E-state index in [1.807, 2.05) is 6.92 Å². The van der Waals surface area contributed by atoms with E-state index in [1.165, 1.54) is 0 Å². The van der Waals surface area contributed by atoms with Gasteiger partial charge in [0.25, 0.3) is 0 Å². The molecular formula is C15H18F4O6S. The molecule has 0 aliphatic heterocycles. The average molecular weight is 402 g/mol. The predicted molar refractivity (Wildman–Crippen MR) is 83.2 cm³/mol. The van der Waals surface area contributed by atoms with Gasteiger partial charge in [-0.15, -0.1) is 0 Å². The van der Waals surface area contributed by atoms with E-state index in [0.717, 1.165) is 25.0 Å². The van der Waals surface area contributed by atoms with Crippen LogP contribution in [-0.2, 0) is 14.9 Å². The van der Waals surface area contributed by atoms with Crippen LogP contribution in [0.2, 0.25) is 0 Å². The molecule has 0 aliphatic carbocycles. The third kappa shape index (κ3) is 6.13. The Labute approximate surface area is 148 Å². The van der Waals surface area contributed by atoms with Gasteiger partial charge in [-0.2, -0.15) is 21.6 Å². The number of alkyl halides is 3. The molecule has 0 saturated heterocycles. The van der Waals surface area contributed by atoms with E-state index in [9.17, 15) is 30.8 Å². The molecule has 11 heteroatoms. The lowest BCUT2D eigenvalue weighted by atomic mass is 10.2. The zero-order valence-corrected chi connectivity index (χ0v) is 14.7. The Balaban J connectivity index is 2.91. The van der Waals surface area contributed by atoms with Crippen molar-refractivity contribution < 1.29 is 44.4 Å². The second-order valence-electron chi connectivity index (χ2n) is 5.06. The molecule has 1 rings (SSSR count). The van der Waals surface area contributed by atoms with Crippen molar-refractivity contribution in [1.82, 2.24) is 0 Å². The number of rotatable bonds is 11. The average Bonchev–Trinajstić information content (AvgIpc) is 2.54. The highest BCUT2D eigenvalue weighted by molar-refractivity contribution is 7.88. The fourth-order valence-corrected chi connectivity index (χ4v) is 2.20. The molecular weight excluding hydrogens is 384 g/mol. The summed E-state index contributed by atoms with van der Waals surface area (Å²) in [5.41, 5.74) is -6.74. The highest BCUT2D eigenvalue weighted by Gasteiger charge is 2.49. The Morgan fingerprint density at radius 1 is 1.12 bits per heavy atom. The number of carbonyl (C=O) groups excluding carboxylic acids is 1. The van der Waals surface area contributed by atoms with Crippen molar-refractivity contribution in [2.45, 2.75) is 31.7 Å². The molecule has 0 bridgehead atoms.